The number of nitrogens with zero attached hydrogens (tertiary/aromatic N) is 1. The van der Waals surface area contributed by atoms with Crippen LogP contribution in [-0.2, 0) is 22.3 Å². The van der Waals surface area contributed by atoms with Crippen molar-refractivity contribution in [3.05, 3.63) is 100 Å². The molecule has 3 aromatic rings. The summed E-state index contributed by atoms with van der Waals surface area (Å²) in [5.41, 5.74) is -0.459. The van der Waals surface area contributed by atoms with Gasteiger partial charge >= 0.3 is 18.1 Å². The van der Waals surface area contributed by atoms with Crippen LogP contribution in [0.2, 0.25) is 0 Å². The molecule has 1 heterocycles. The summed E-state index contributed by atoms with van der Waals surface area (Å²) in [6.07, 6.45) is -4.65. The lowest BCUT2D eigenvalue weighted by Crippen LogP contribution is -2.29. The number of anilines is 1. The zero-order chi connectivity index (χ0) is 26.0. The summed E-state index contributed by atoms with van der Waals surface area (Å²) < 4.78 is 49.4. The Balaban J connectivity index is 1.48. The molecule has 4 rings (SSSR count). The van der Waals surface area contributed by atoms with Crippen molar-refractivity contribution in [3.63, 3.8) is 0 Å². The Kier molecular flexibility index (Phi) is 6.61. The number of carbonyl (C=O) groups excluding carboxylic acids is 4. The minimum absolute atomic E-state index is 0.0102. The van der Waals surface area contributed by atoms with Crippen molar-refractivity contribution in [2.75, 3.05) is 11.5 Å². The number of halogens is 3. The number of ether oxygens (including phenoxy) is 2. The van der Waals surface area contributed by atoms with Gasteiger partial charge in [-0.1, -0.05) is 18.2 Å². The van der Waals surface area contributed by atoms with Crippen molar-refractivity contribution >= 4 is 29.4 Å². The molecule has 7 nitrogen and oxygen atoms in total. The number of carbonyl (C=O) groups is 4. The van der Waals surface area contributed by atoms with Crippen LogP contribution in [0.4, 0.5) is 18.9 Å². The summed E-state index contributed by atoms with van der Waals surface area (Å²) in [7, 11) is 0. The molecule has 0 spiro atoms. The average molecular weight is 497 g/mol. The minimum atomic E-state index is -4.65. The van der Waals surface area contributed by atoms with E-state index < -0.39 is 35.5 Å². The second-order valence-corrected chi connectivity index (χ2v) is 7.75. The summed E-state index contributed by atoms with van der Waals surface area (Å²) in [5.74, 6) is -2.89. The van der Waals surface area contributed by atoms with Gasteiger partial charge in [-0.25, -0.2) is 14.5 Å². The lowest BCUT2D eigenvalue weighted by atomic mass is 10.1. The van der Waals surface area contributed by atoms with Crippen molar-refractivity contribution in [3.8, 4) is 0 Å². The number of alkyl halides is 3. The van der Waals surface area contributed by atoms with Crippen LogP contribution in [0.5, 0.6) is 0 Å². The Labute approximate surface area is 203 Å². The number of benzene rings is 3. The molecule has 2 amide bonds. The maximum atomic E-state index is 13.1. The Morgan fingerprint density at radius 1 is 0.806 bits per heavy atom. The highest BCUT2D eigenvalue weighted by Gasteiger charge is 2.39. The molecule has 10 heteroatoms. The smallest absolute Gasteiger partial charge is 0.416 e. The number of fused-ring (bicyclic) bond motifs is 1. The Morgan fingerprint density at radius 3 is 2.11 bits per heavy atom. The standard InChI is InChI=1S/C26H18F3NO6/c1-2-35-24(33)16-8-6-15(7-9-16)14-36-25(34)17-10-11-20-21(12-17)23(32)30(22(20)31)19-5-3-4-18(13-19)26(27,28)29/h3-13H,2,14H2,1H3. The van der Waals surface area contributed by atoms with E-state index in [1.807, 2.05) is 0 Å². The van der Waals surface area contributed by atoms with Crippen LogP contribution < -0.4 is 4.90 Å². The topological polar surface area (TPSA) is 90.0 Å². The van der Waals surface area contributed by atoms with Gasteiger partial charge in [0, 0.05) is 0 Å². The van der Waals surface area contributed by atoms with Crippen LogP contribution in [0.1, 0.15) is 59.5 Å². The predicted octanol–water partition coefficient (Wildman–Crippen LogP) is 5.04. The lowest BCUT2D eigenvalue weighted by Gasteiger charge is -2.16. The van der Waals surface area contributed by atoms with Crippen molar-refractivity contribution in [2.24, 2.45) is 0 Å². The molecule has 0 radical (unpaired) electrons. The normalized spacial score (nSPS) is 12.9. The third-order valence-electron chi connectivity index (χ3n) is 5.39. The maximum absolute atomic E-state index is 13.1. The van der Waals surface area contributed by atoms with Crippen LogP contribution in [0, 0.1) is 0 Å². The van der Waals surface area contributed by atoms with Crippen LogP contribution in [-0.4, -0.2) is 30.4 Å². The molecule has 0 atom stereocenters. The first-order valence-corrected chi connectivity index (χ1v) is 10.7. The van der Waals surface area contributed by atoms with Gasteiger partial charge in [-0.3, -0.25) is 9.59 Å². The molecule has 0 N–H and O–H groups in total. The van der Waals surface area contributed by atoms with E-state index in [4.69, 9.17) is 9.47 Å². The first kappa shape index (κ1) is 24.6. The van der Waals surface area contributed by atoms with Crippen molar-refractivity contribution in [2.45, 2.75) is 19.7 Å². The van der Waals surface area contributed by atoms with Gasteiger partial charge in [0.05, 0.1) is 40.1 Å². The summed E-state index contributed by atoms with van der Waals surface area (Å²) in [4.78, 5) is 50.5. The molecule has 184 valence electrons. The molecule has 0 aliphatic carbocycles. The Hall–Kier alpha value is -4.47. The van der Waals surface area contributed by atoms with E-state index in [1.54, 1.807) is 19.1 Å². The van der Waals surface area contributed by atoms with Crippen LogP contribution >= 0.6 is 0 Å². The zero-order valence-corrected chi connectivity index (χ0v) is 18.8. The first-order valence-electron chi connectivity index (χ1n) is 10.7. The van der Waals surface area contributed by atoms with Gasteiger partial charge in [-0.2, -0.15) is 13.2 Å². The van der Waals surface area contributed by atoms with Crippen molar-refractivity contribution < 1.29 is 41.8 Å². The highest BCUT2D eigenvalue weighted by atomic mass is 19.4. The molecule has 1 aliphatic rings. The van der Waals surface area contributed by atoms with Crippen LogP contribution in [0.15, 0.2) is 66.7 Å². The second-order valence-electron chi connectivity index (χ2n) is 7.75. The highest BCUT2D eigenvalue weighted by molar-refractivity contribution is 6.34. The third kappa shape index (κ3) is 4.83. The number of hydrogen-bond donors (Lipinski definition) is 0. The summed E-state index contributed by atoms with van der Waals surface area (Å²) >= 11 is 0. The molecule has 0 saturated heterocycles. The summed E-state index contributed by atoms with van der Waals surface area (Å²) in [6.45, 7) is 1.81. The monoisotopic (exact) mass is 497 g/mol. The Bertz CT molecular complexity index is 1360. The average Bonchev–Trinajstić information content (AvgIpc) is 3.11. The third-order valence-corrected chi connectivity index (χ3v) is 5.39. The van der Waals surface area contributed by atoms with Crippen molar-refractivity contribution in [1.82, 2.24) is 0 Å². The van der Waals surface area contributed by atoms with Gasteiger partial charge in [-0.05, 0) is 61.0 Å². The second kappa shape index (κ2) is 9.65. The number of rotatable bonds is 6. The Morgan fingerprint density at radius 2 is 1.44 bits per heavy atom. The van der Waals surface area contributed by atoms with Gasteiger partial charge in [-0.15, -0.1) is 0 Å². The molecular weight excluding hydrogens is 479 g/mol. The van der Waals surface area contributed by atoms with Gasteiger partial charge in [0.2, 0.25) is 0 Å². The molecule has 3 aromatic carbocycles. The molecule has 0 unspecified atom stereocenters. The molecule has 0 fully saturated rings. The van der Waals surface area contributed by atoms with Crippen LogP contribution in [0.3, 0.4) is 0 Å². The SMILES string of the molecule is CCOC(=O)c1ccc(COC(=O)c2ccc3c(c2)C(=O)N(c2cccc(C(F)(F)F)c2)C3=O)cc1. The van der Waals surface area contributed by atoms with E-state index in [0.717, 1.165) is 12.1 Å². The van der Waals surface area contributed by atoms with Crippen molar-refractivity contribution in [1.29, 1.82) is 0 Å². The first-order chi connectivity index (χ1) is 17.1. The number of imide groups is 1. The van der Waals surface area contributed by atoms with E-state index in [1.165, 1.54) is 36.4 Å². The van der Waals surface area contributed by atoms with Crippen LogP contribution in [0.25, 0.3) is 0 Å². The number of amides is 2. The predicted molar refractivity (Wildman–Crippen MR) is 121 cm³/mol. The van der Waals surface area contributed by atoms with E-state index >= 15 is 0 Å². The summed E-state index contributed by atoms with van der Waals surface area (Å²) in [6, 6.07) is 13.9. The molecule has 36 heavy (non-hydrogen) atoms. The highest BCUT2D eigenvalue weighted by Crippen LogP contribution is 2.34. The number of hydrogen-bond acceptors (Lipinski definition) is 6. The van der Waals surface area contributed by atoms with Gasteiger partial charge in [0.25, 0.3) is 11.8 Å². The minimum Gasteiger partial charge on any atom is -0.462 e. The molecule has 1 aliphatic heterocycles. The zero-order valence-electron chi connectivity index (χ0n) is 18.8. The summed E-state index contributed by atoms with van der Waals surface area (Å²) in [5, 5.41) is 0. The quantitative estimate of drug-likeness (QED) is 0.350. The van der Waals surface area contributed by atoms with E-state index in [-0.39, 0.29) is 35.6 Å². The number of esters is 2. The lowest BCUT2D eigenvalue weighted by molar-refractivity contribution is -0.137. The van der Waals surface area contributed by atoms with Gasteiger partial charge in [0.15, 0.2) is 0 Å². The molecule has 0 bridgehead atoms. The van der Waals surface area contributed by atoms with E-state index in [0.29, 0.717) is 22.1 Å². The fourth-order valence-corrected chi connectivity index (χ4v) is 3.61. The van der Waals surface area contributed by atoms with E-state index in [2.05, 4.69) is 0 Å². The fraction of sp³-hybridized carbons (Fsp3) is 0.154. The molecule has 0 saturated carbocycles. The fourth-order valence-electron chi connectivity index (χ4n) is 3.61. The molecular formula is C26H18F3NO6. The molecule has 0 aromatic heterocycles. The van der Waals surface area contributed by atoms with Gasteiger partial charge < -0.3 is 9.47 Å². The maximum Gasteiger partial charge on any atom is 0.416 e. The van der Waals surface area contributed by atoms with Gasteiger partial charge in [0.1, 0.15) is 6.61 Å². The van der Waals surface area contributed by atoms with E-state index in [9.17, 15) is 32.3 Å². The largest absolute Gasteiger partial charge is 0.462 e.